The maximum Gasteiger partial charge on any atom is 0.209 e. The molecule has 1 aliphatic rings. The lowest BCUT2D eigenvalue weighted by Crippen LogP contribution is -3.27. The number of piperazine rings is 1. The molecule has 0 saturated carbocycles. The second kappa shape index (κ2) is 9.98. The van der Waals surface area contributed by atoms with Crippen molar-refractivity contribution in [2.75, 3.05) is 33.3 Å². The summed E-state index contributed by atoms with van der Waals surface area (Å²) < 4.78 is 7.24. The van der Waals surface area contributed by atoms with Gasteiger partial charge in [-0.15, -0.1) is 5.10 Å². The lowest BCUT2D eigenvalue weighted by atomic mass is 10.0. The smallest absolute Gasteiger partial charge is 0.209 e. The predicted molar refractivity (Wildman–Crippen MR) is 117 cm³/mol. The van der Waals surface area contributed by atoms with Gasteiger partial charge in [-0.2, -0.15) is 0 Å². The Bertz CT molecular complexity index is 934. The summed E-state index contributed by atoms with van der Waals surface area (Å²) in [6, 6.07) is 12.6. The van der Waals surface area contributed by atoms with Crippen LogP contribution in [0.25, 0.3) is 0 Å². The maximum absolute atomic E-state index is 5.27. The van der Waals surface area contributed by atoms with Crippen LogP contribution in [0.4, 0.5) is 0 Å². The topological polar surface area (TPSA) is 74.6 Å². The van der Waals surface area contributed by atoms with E-state index >= 15 is 0 Å². The van der Waals surface area contributed by atoms with Crippen LogP contribution in [0.5, 0.6) is 5.75 Å². The van der Waals surface area contributed by atoms with Gasteiger partial charge in [0.25, 0.3) is 0 Å². The van der Waals surface area contributed by atoms with Gasteiger partial charge in [-0.3, -0.25) is 4.98 Å². The fraction of sp³-hybridized carbons (Fsp3) is 0.478. The van der Waals surface area contributed by atoms with E-state index < -0.39 is 0 Å². The summed E-state index contributed by atoms with van der Waals surface area (Å²) in [6.07, 6.45) is 3.77. The van der Waals surface area contributed by atoms with Gasteiger partial charge in [-0.1, -0.05) is 26.0 Å². The van der Waals surface area contributed by atoms with Crippen LogP contribution in [0.1, 0.15) is 36.8 Å². The monoisotopic (exact) mass is 423 g/mol. The Morgan fingerprint density at radius 1 is 0.968 bits per heavy atom. The second-order valence-electron chi connectivity index (χ2n) is 8.70. The number of ether oxygens (including phenoxy) is 1. The first kappa shape index (κ1) is 21.4. The molecule has 0 spiro atoms. The third-order valence-electron chi connectivity index (χ3n) is 6.24. The third-order valence-corrected chi connectivity index (χ3v) is 6.24. The molecule has 1 aromatic carbocycles. The largest absolute Gasteiger partial charge is 0.497 e. The van der Waals surface area contributed by atoms with Crippen molar-refractivity contribution in [3.8, 4) is 5.75 Å². The fourth-order valence-corrected chi connectivity index (χ4v) is 4.60. The number of benzene rings is 1. The first-order valence-electron chi connectivity index (χ1n) is 11.1. The van der Waals surface area contributed by atoms with Crippen molar-refractivity contribution in [3.63, 3.8) is 0 Å². The van der Waals surface area contributed by atoms with Crippen LogP contribution in [0, 0.1) is 5.92 Å². The highest BCUT2D eigenvalue weighted by molar-refractivity contribution is 5.27. The molecular weight excluding hydrogens is 390 g/mol. The number of methoxy groups -OCH3 is 1. The summed E-state index contributed by atoms with van der Waals surface area (Å²) >= 11 is 0. The number of rotatable bonds is 8. The van der Waals surface area contributed by atoms with Crippen LogP contribution < -0.4 is 14.5 Å². The molecule has 3 heterocycles. The van der Waals surface area contributed by atoms with Crippen molar-refractivity contribution < 1.29 is 14.5 Å². The van der Waals surface area contributed by atoms with E-state index in [-0.39, 0.29) is 6.04 Å². The molecule has 2 aromatic heterocycles. The van der Waals surface area contributed by atoms with E-state index in [2.05, 4.69) is 58.6 Å². The number of hydrogen-bond acceptors (Lipinski definition) is 5. The Balaban J connectivity index is 1.43. The van der Waals surface area contributed by atoms with Gasteiger partial charge in [0.15, 0.2) is 6.04 Å². The number of pyridine rings is 1. The standard InChI is InChI=1S/C23H31N7O/c1-18(2)22(29-14-12-28(13-15-29)16-20-8-10-24-11-9-20)23-25-26-27-30(23)17-19-4-6-21(31-3)7-5-19/h4-11,18,22H,12-17H2,1-3H3/p+2/t22-/m1/s1. The average Bonchev–Trinajstić information content (AvgIpc) is 3.23. The van der Waals surface area contributed by atoms with Gasteiger partial charge < -0.3 is 14.5 Å². The van der Waals surface area contributed by atoms with E-state index in [1.807, 2.05) is 29.2 Å². The van der Waals surface area contributed by atoms with Gasteiger partial charge in [-0.25, -0.2) is 4.68 Å². The minimum Gasteiger partial charge on any atom is -0.497 e. The Hall–Kier alpha value is -2.84. The summed E-state index contributed by atoms with van der Waals surface area (Å²) in [4.78, 5) is 7.34. The van der Waals surface area contributed by atoms with E-state index in [9.17, 15) is 0 Å². The van der Waals surface area contributed by atoms with Gasteiger partial charge in [0.05, 0.1) is 13.7 Å². The molecule has 164 valence electrons. The number of hydrogen-bond donors (Lipinski definition) is 2. The lowest BCUT2D eigenvalue weighted by molar-refractivity contribution is -1.03. The molecule has 3 aromatic rings. The Kier molecular flexibility index (Phi) is 6.89. The highest BCUT2D eigenvalue weighted by atomic mass is 16.5. The summed E-state index contributed by atoms with van der Waals surface area (Å²) in [6.45, 7) is 10.8. The van der Waals surface area contributed by atoms with E-state index in [4.69, 9.17) is 4.74 Å². The lowest BCUT2D eigenvalue weighted by Gasteiger charge is -2.35. The zero-order valence-electron chi connectivity index (χ0n) is 18.7. The van der Waals surface area contributed by atoms with Crippen LogP contribution in [0.15, 0.2) is 48.8 Å². The Morgan fingerprint density at radius 2 is 1.68 bits per heavy atom. The summed E-state index contributed by atoms with van der Waals surface area (Å²) in [5, 5.41) is 12.8. The second-order valence-corrected chi connectivity index (χ2v) is 8.70. The zero-order valence-corrected chi connectivity index (χ0v) is 18.7. The molecule has 4 rings (SSSR count). The number of tetrazole rings is 1. The van der Waals surface area contributed by atoms with Gasteiger partial charge in [-0.05, 0) is 40.3 Å². The quantitative estimate of drug-likeness (QED) is 0.525. The molecule has 8 heteroatoms. The molecule has 0 bridgehead atoms. The molecule has 1 fully saturated rings. The van der Waals surface area contributed by atoms with Crippen LogP contribution in [0.2, 0.25) is 0 Å². The summed E-state index contributed by atoms with van der Waals surface area (Å²) in [5.41, 5.74) is 2.52. The number of nitrogens with one attached hydrogen (secondary N) is 2. The molecular formula is C23H33N7O+2. The van der Waals surface area contributed by atoms with Crippen molar-refractivity contribution in [2.45, 2.75) is 33.0 Å². The third kappa shape index (κ3) is 5.26. The first-order chi connectivity index (χ1) is 15.1. The molecule has 1 aliphatic heterocycles. The number of nitrogens with zero attached hydrogens (tertiary/aromatic N) is 5. The van der Waals surface area contributed by atoms with Crippen molar-refractivity contribution in [3.05, 3.63) is 65.7 Å². The Labute approximate surface area is 183 Å². The normalized spacial score (nSPS) is 20.0. The predicted octanol–water partition coefficient (Wildman–Crippen LogP) is -0.194. The zero-order chi connectivity index (χ0) is 21.6. The van der Waals surface area contributed by atoms with Crippen LogP contribution in [0.3, 0.4) is 0 Å². The summed E-state index contributed by atoms with van der Waals surface area (Å²) in [5.74, 6) is 2.30. The Morgan fingerprint density at radius 3 is 2.32 bits per heavy atom. The van der Waals surface area contributed by atoms with Crippen LogP contribution in [-0.4, -0.2) is 58.5 Å². The number of aromatic nitrogens is 5. The number of quaternary nitrogens is 2. The van der Waals surface area contributed by atoms with Gasteiger partial charge in [0.1, 0.15) is 38.5 Å². The molecule has 31 heavy (non-hydrogen) atoms. The van der Waals surface area contributed by atoms with E-state index in [1.165, 1.54) is 11.1 Å². The van der Waals surface area contributed by atoms with E-state index in [1.54, 1.807) is 16.9 Å². The van der Waals surface area contributed by atoms with Gasteiger partial charge in [0, 0.05) is 23.9 Å². The van der Waals surface area contributed by atoms with Crippen molar-refractivity contribution >= 4 is 0 Å². The molecule has 8 nitrogen and oxygen atoms in total. The highest BCUT2D eigenvalue weighted by Crippen LogP contribution is 2.18. The molecule has 1 saturated heterocycles. The van der Waals surface area contributed by atoms with Crippen molar-refractivity contribution in [1.82, 2.24) is 25.2 Å². The van der Waals surface area contributed by atoms with Crippen LogP contribution in [-0.2, 0) is 13.1 Å². The average molecular weight is 424 g/mol. The van der Waals surface area contributed by atoms with E-state index in [0.29, 0.717) is 12.5 Å². The van der Waals surface area contributed by atoms with Gasteiger partial charge in [0.2, 0.25) is 5.82 Å². The molecule has 0 amide bonds. The van der Waals surface area contributed by atoms with Crippen molar-refractivity contribution in [2.24, 2.45) is 5.92 Å². The van der Waals surface area contributed by atoms with E-state index in [0.717, 1.165) is 44.3 Å². The molecule has 0 aliphatic carbocycles. The minimum absolute atomic E-state index is 0.288. The maximum atomic E-state index is 5.27. The highest BCUT2D eigenvalue weighted by Gasteiger charge is 2.36. The SMILES string of the molecule is COc1ccc(Cn2nnnc2[C@@H](C(C)C)[NH+]2CC[NH+](Cc3ccncc3)CC2)cc1. The van der Waals surface area contributed by atoms with Crippen LogP contribution >= 0.6 is 0 Å². The van der Waals surface area contributed by atoms with Gasteiger partial charge >= 0.3 is 0 Å². The first-order valence-corrected chi connectivity index (χ1v) is 11.1. The fourth-order valence-electron chi connectivity index (χ4n) is 4.60. The molecule has 1 atom stereocenters. The molecule has 0 unspecified atom stereocenters. The van der Waals surface area contributed by atoms with Crippen molar-refractivity contribution in [1.29, 1.82) is 0 Å². The molecule has 0 radical (unpaired) electrons. The minimum atomic E-state index is 0.288. The molecule has 2 N–H and O–H groups in total. The summed E-state index contributed by atoms with van der Waals surface area (Å²) in [7, 11) is 1.68.